The zero-order valence-electron chi connectivity index (χ0n) is 9.19. The summed E-state index contributed by atoms with van der Waals surface area (Å²) < 4.78 is 5.48. The summed E-state index contributed by atoms with van der Waals surface area (Å²) in [7, 11) is 0. The number of amides is 1. The lowest BCUT2D eigenvalue weighted by atomic mass is 10.2. The number of pyridine rings is 1. The number of carbonyl (C=O) groups is 1. The summed E-state index contributed by atoms with van der Waals surface area (Å²) in [6, 6.07) is 3.42. The van der Waals surface area contributed by atoms with Crippen molar-refractivity contribution in [3.63, 3.8) is 0 Å². The summed E-state index contributed by atoms with van der Waals surface area (Å²) in [5.74, 6) is -0.0413. The van der Waals surface area contributed by atoms with Crippen LogP contribution >= 0.6 is 0 Å². The molecule has 4 heteroatoms. The van der Waals surface area contributed by atoms with Crippen molar-refractivity contribution in [2.45, 2.75) is 25.4 Å². The van der Waals surface area contributed by atoms with E-state index in [4.69, 9.17) is 4.74 Å². The van der Waals surface area contributed by atoms with Crippen LogP contribution in [-0.4, -0.2) is 30.1 Å². The third-order valence-electron chi connectivity index (χ3n) is 2.72. The Labute approximate surface area is 95.0 Å². The van der Waals surface area contributed by atoms with Gasteiger partial charge >= 0.3 is 0 Å². The minimum absolute atomic E-state index is 0.0413. The van der Waals surface area contributed by atoms with Gasteiger partial charge in [0.2, 0.25) is 0 Å². The largest absolute Gasteiger partial charge is 0.378 e. The quantitative estimate of drug-likeness (QED) is 0.834. The second kappa shape index (κ2) is 5.61. The van der Waals surface area contributed by atoms with Gasteiger partial charge in [0.05, 0.1) is 6.10 Å². The van der Waals surface area contributed by atoms with Gasteiger partial charge in [-0.2, -0.15) is 0 Å². The van der Waals surface area contributed by atoms with Gasteiger partial charge < -0.3 is 10.1 Å². The lowest BCUT2D eigenvalue weighted by Crippen LogP contribution is -2.26. The molecule has 0 radical (unpaired) electrons. The molecule has 86 valence electrons. The van der Waals surface area contributed by atoms with Crippen LogP contribution < -0.4 is 5.32 Å². The highest BCUT2D eigenvalue weighted by Crippen LogP contribution is 2.14. The Hall–Kier alpha value is -1.42. The van der Waals surface area contributed by atoms with Crippen LogP contribution in [0.2, 0.25) is 0 Å². The molecule has 1 aliphatic rings. The number of hydrogen-bond acceptors (Lipinski definition) is 3. The fraction of sp³-hybridized carbons (Fsp3) is 0.500. The Bertz CT molecular complexity index is 334. The molecule has 0 spiro atoms. The van der Waals surface area contributed by atoms with Gasteiger partial charge in [-0.05, 0) is 31.4 Å². The molecule has 1 aromatic heterocycles. The minimum atomic E-state index is -0.0413. The van der Waals surface area contributed by atoms with Gasteiger partial charge in [-0.25, -0.2) is 0 Å². The van der Waals surface area contributed by atoms with E-state index in [9.17, 15) is 4.79 Å². The fourth-order valence-corrected chi connectivity index (χ4v) is 1.82. The topological polar surface area (TPSA) is 51.2 Å². The first-order chi connectivity index (χ1) is 7.86. The van der Waals surface area contributed by atoms with Crippen LogP contribution in [-0.2, 0) is 4.74 Å². The average molecular weight is 220 g/mol. The molecule has 0 aliphatic carbocycles. The van der Waals surface area contributed by atoms with Crippen LogP contribution in [0.4, 0.5) is 0 Å². The molecule has 1 aromatic rings. The first-order valence-electron chi connectivity index (χ1n) is 5.66. The Morgan fingerprint density at radius 3 is 3.00 bits per heavy atom. The zero-order chi connectivity index (χ0) is 11.2. The molecule has 0 bridgehead atoms. The number of hydrogen-bond donors (Lipinski definition) is 1. The molecule has 1 saturated heterocycles. The minimum Gasteiger partial charge on any atom is -0.378 e. The van der Waals surface area contributed by atoms with E-state index in [1.165, 1.54) is 0 Å². The Balaban J connectivity index is 1.71. The van der Waals surface area contributed by atoms with Crippen LogP contribution in [0.15, 0.2) is 24.5 Å². The maximum Gasteiger partial charge on any atom is 0.251 e. The number of rotatable bonds is 4. The van der Waals surface area contributed by atoms with Gasteiger partial charge in [0.1, 0.15) is 0 Å². The van der Waals surface area contributed by atoms with E-state index in [1.54, 1.807) is 24.5 Å². The smallest absolute Gasteiger partial charge is 0.251 e. The Morgan fingerprint density at radius 1 is 1.50 bits per heavy atom. The first kappa shape index (κ1) is 11.1. The van der Waals surface area contributed by atoms with E-state index in [-0.39, 0.29) is 5.91 Å². The van der Waals surface area contributed by atoms with E-state index in [1.807, 2.05) is 0 Å². The standard InChI is InChI=1S/C12H16N2O2/c15-12(10-3-6-13-7-4-10)14-8-5-11-2-1-9-16-11/h3-4,6-7,11H,1-2,5,8-9H2,(H,14,15)/t11-/m0/s1. The molecule has 0 unspecified atom stereocenters. The van der Waals surface area contributed by atoms with Crippen LogP contribution in [0, 0.1) is 0 Å². The summed E-state index contributed by atoms with van der Waals surface area (Å²) in [4.78, 5) is 15.5. The van der Waals surface area contributed by atoms with Gasteiger partial charge in [-0.1, -0.05) is 0 Å². The SMILES string of the molecule is O=C(NCC[C@@H]1CCCO1)c1ccncc1. The molecule has 1 atom stereocenters. The summed E-state index contributed by atoms with van der Waals surface area (Å²) in [6.07, 6.45) is 6.73. The van der Waals surface area contributed by atoms with Gasteiger partial charge in [0.25, 0.3) is 5.91 Å². The van der Waals surface area contributed by atoms with E-state index < -0.39 is 0 Å². The second-order valence-electron chi connectivity index (χ2n) is 3.92. The molecule has 1 amide bonds. The molecule has 1 fully saturated rings. The van der Waals surface area contributed by atoms with Crippen molar-refractivity contribution < 1.29 is 9.53 Å². The van der Waals surface area contributed by atoms with Crippen molar-refractivity contribution in [2.24, 2.45) is 0 Å². The number of nitrogens with one attached hydrogen (secondary N) is 1. The van der Waals surface area contributed by atoms with Gasteiger partial charge in [-0.15, -0.1) is 0 Å². The molecule has 16 heavy (non-hydrogen) atoms. The molecule has 0 aromatic carbocycles. The predicted octanol–water partition coefficient (Wildman–Crippen LogP) is 1.38. The third-order valence-corrected chi connectivity index (χ3v) is 2.72. The fourth-order valence-electron chi connectivity index (χ4n) is 1.82. The predicted molar refractivity (Wildman–Crippen MR) is 60.2 cm³/mol. The molecular formula is C12H16N2O2. The number of ether oxygens (including phenoxy) is 1. The molecular weight excluding hydrogens is 204 g/mol. The van der Waals surface area contributed by atoms with Crippen molar-refractivity contribution >= 4 is 5.91 Å². The molecule has 2 rings (SSSR count). The number of carbonyl (C=O) groups excluding carboxylic acids is 1. The van der Waals surface area contributed by atoms with Crippen LogP contribution in [0.25, 0.3) is 0 Å². The number of aromatic nitrogens is 1. The zero-order valence-corrected chi connectivity index (χ0v) is 9.19. The van der Waals surface area contributed by atoms with Crippen LogP contribution in [0.3, 0.4) is 0 Å². The highest BCUT2D eigenvalue weighted by Gasteiger charge is 2.15. The maximum absolute atomic E-state index is 11.6. The van der Waals surface area contributed by atoms with Crippen LogP contribution in [0.1, 0.15) is 29.6 Å². The van der Waals surface area contributed by atoms with E-state index >= 15 is 0 Å². The monoisotopic (exact) mass is 220 g/mol. The van der Waals surface area contributed by atoms with Crippen molar-refractivity contribution in [2.75, 3.05) is 13.2 Å². The third kappa shape index (κ3) is 3.03. The molecule has 4 nitrogen and oxygen atoms in total. The van der Waals surface area contributed by atoms with Gasteiger partial charge in [-0.3, -0.25) is 9.78 Å². The Kier molecular flexibility index (Phi) is 3.88. The van der Waals surface area contributed by atoms with Crippen molar-refractivity contribution in [1.82, 2.24) is 10.3 Å². The maximum atomic E-state index is 11.6. The molecule has 0 saturated carbocycles. The summed E-state index contributed by atoms with van der Waals surface area (Å²) in [5.41, 5.74) is 0.655. The van der Waals surface area contributed by atoms with Crippen molar-refractivity contribution in [3.05, 3.63) is 30.1 Å². The van der Waals surface area contributed by atoms with Gasteiger partial charge in [0, 0.05) is 31.1 Å². The Morgan fingerprint density at radius 2 is 2.31 bits per heavy atom. The summed E-state index contributed by atoms with van der Waals surface area (Å²) in [6.45, 7) is 1.54. The van der Waals surface area contributed by atoms with Gasteiger partial charge in [0.15, 0.2) is 0 Å². The summed E-state index contributed by atoms with van der Waals surface area (Å²) >= 11 is 0. The normalized spacial score (nSPS) is 19.6. The van der Waals surface area contributed by atoms with Crippen molar-refractivity contribution in [3.8, 4) is 0 Å². The number of nitrogens with zero attached hydrogens (tertiary/aromatic N) is 1. The molecule has 2 heterocycles. The van der Waals surface area contributed by atoms with E-state index in [2.05, 4.69) is 10.3 Å². The van der Waals surface area contributed by atoms with E-state index in [0.717, 1.165) is 25.9 Å². The average Bonchev–Trinajstić information content (AvgIpc) is 2.83. The van der Waals surface area contributed by atoms with E-state index in [0.29, 0.717) is 18.2 Å². The highest BCUT2D eigenvalue weighted by atomic mass is 16.5. The summed E-state index contributed by atoms with van der Waals surface area (Å²) in [5, 5.41) is 2.88. The van der Waals surface area contributed by atoms with Crippen molar-refractivity contribution in [1.29, 1.82) is 0 Å². The first-order valence-corrected chi connectivity index (χ1v) is 5.66. The van der Waals surface area contributed by atoms with Crippen LogP contribution in [0.5, 0.6) is 0 Å². The second-order valence-corrected chi connectivity index (χ2v) is 3.92. The highest BCUT2D eigenvalue weighted by molar-refractivity contribution is 5.93. The molecule has 1 N–H and O–H groups in total. The lowest BCUT2D eigenvalue weighted by Gasteiger charge is -2.09. The lowest BCUT2D eigenvalue weighted by molar-refractivity contribution is 0.0907. The molecule has 1 aliphatic heterocycles.